The first-order chi connectivity index (χ1) is 18.4. The van der Waals surface area contributed by atoms with Crippen LogP contribution in [0.25, 0.3) is 10.6 Å². The van der Waals surface area contributed by atoms with Crippen LogP contribution in [0.1, 0.15) is 34.6 Å². The summed E-state index contributed by atoms with van der Waals surface area (Å²) in [5, 5.41) is 25.1. The van der Waals surface area contributed by atoms with Gasteiger partial charge < -0.3 is 14.8 Å². The zero-order valence-corrected chi connectivity index (χ0v) is 21.3. The fourth-order valence-electron chi connectivity index (χ4n) is 3.42. The number of hydrogen-bond donors (Lipinski definition) is 2. The van der Waals surface area contributed by atoms with Crippen LogP contribution in [0.4, 0.5) is 16.5 Å². The van der Waals surface area contributed by atoms with Crippen LogP contribution in [0.2, 0.25) is 0 Å². The molecule has 0 radical (unpaired) electrons. The van der Waals surface area contributed by atoms with Gasteiger partial charge in [0.2, 0.25) is 5.13 Å². The van der Waals surface area contributed by atoms with Crippen LogP contribution in [0.15, 0.2) is 66.7 Å². The first-order valence-electron chi connectivity index (χ1n) is 11.6. The molecular formula is C26H23N5O6S. The van der Waals surface area contributed by atoms with Gasteiger partial charge in [-0.15, -0.1) is 10.2 Å². The van der Waals surface area contributed by atoms with Crippen LogP contribution in [0.5, 0.6) is 11.5 Å². The number of nitrogens with zero attached hydrogens (tertiary/aromatic N) is 3. The Bertz CT molecular complexity index is 1470. The summed E-state index contributed by atoms with van der Waals surface area (Å²) < 4.78 is 11.1. The van der Waals surface area contributed by atoms with Crippen LogP contribution in [0.3, 0.4) is 0 Å². The Balaban J connectivity index is 1.43. The molecule has 0 spiro atoms. The Labute approximate surface area is 221 Å². The molecule has 38 heavy (non-hydrogen) atoms. The van der Waals surface area contributed by atoms with Crippen LogP contribution >= 0.6 is 11.3 Å². The predicted octanol–water partition coefficient (Wildman–Crippen LogP) is 5.42. The number of non-ortho nitro benzene ring substituents is 1. The van der Waals surface area contributed by atoms with Gasteiger partial charge in [-0.25, -0.2) is 0 Å². The van der Waals surface area contributed by atoms with E-state index in [1.165, 1.54) is 12.1 Å². The number of carbonyl (C=O) groups is 2. The highest BCUT2D eigenvalue weighted by Gasteiger charge is 2.15. The summed E-state index contributed by atoms with van der Waals surface area (Å²) in [4.78, 5) is 36.0. The fourth-order valence-corrected chi connectivity index (χ4v) is 4.16. The van der Waals surface area contributed by atoms with E-state index >= 15 is 0 Å². The quantitative estimate of drug-likeness (QED) is 0.203. The molecule has 1 heterocycles. The van der Waals surface area contributed by atoms with Crippen molar-refractivity contribution >= 4 is 39.7 Å². The van der Waals surface area contributed by atoms with Crippen molar-refractivity contribution < 1.29 is 24.0 Å². The molecule has 0 saturated heterocycles. The average molecular weight is 534 g/mol. The third kappa shape index (κ3) is 6.28. The summed E-state index contributed by atoms with van der Waals surface area (Å²) >= 11 is 1.13. The standard InChI is InChI=1S/C26H23N5O6S/c1-3-36-21-13-10-18(15-22(21)37-4-2)23(32)27-19-7-5-6-17(14-19)24(33)28-26-30-29-25(38-26)16-8-11-20(12-9-16)31(34)35/h5-15H,3-4H2,1-2H3,(H,27,32)(H,28,30,33). The smallest absolute Gasteiger partial charge is 0.269 e. The van der Waals surface area contributed by atoms with Crippen molar-refractivity contribution in [3.05, 3.63) is 88.0 Å². The highest BCUT2D eigenvalue weighted by Crippen LogP contribution is 2.30. The van der Waals surface area contributed by atoms with Crippen molar-refractivity contribution in [3.63, 3.8) is 0 Å². The summed E-state index contributed by atoms with van der Waals surface area (Å²) in [6, 6.07) is 17.3. The zero-order valence-electron chi connectivity index (χ0n) is 20.5. The molecule has 4 rings (SSSR count). The molecule has 4 aromatic rings. The van der Waals surface area contributed by atoms with Crippen molar-refractivity contribution in [2.45, 2.75) is 13.8 Å². The highest BCUT2D eigenvalue weighted by atomic mass is 32.1. The van der Waals surface area contributed by atoms with Crippen molar-refractivity contribution in [1.29, 1.82) is 0 Å². The summed E-state index contributed by atoms with van der Waals surface area (Å²) in [5.74, 6) is 0.217. The van der Waals surface area contributed by atoms with E-state index in [2.05, 4.69) is 20.8 Å². The molecule has 12 heteroatoms. The zero-order chi connectivity index (χ0) is 27.1. The second-order valence-corrected chi connectivity index (χ2v) is 8.71. The van der Waals surface area contributed by atoms with Gasteiger partial charge >= 0.3 is 0 Å². The molecule has 0 aliphatic rings. The molecule has 0 bridgehead atoms. The molecule has 2 amide bonds. The van der Waals surface area contributed by atoms with Crippen molar-refractivity contribution in [2.75, 3.05) is 23.8 Å². The molecule has 0 atom stereocenters. The minimum absolute atomic E-state index is 0.0315. The van der Waals surface area contributed by atoms with Gasteiger partial charge in [-0.05, 0) is 62.4 Å². The van der Waals surface area contributed by atoms with E-state index in [1.807, 2.05) is 13.8 Å². The third-order valence-electron chi connectivity index (χ3n) is 5.16. The van der Waals surface area contributed by atoms with Gasteiger partial charge in [0.25, 0.3) is 17.5 Å². The number of ether oxygens (including phenoxy) is 2. The second-order valence-electron chi connectivity index (χ2n) is 7.73. The molecule has 0 fully saturated rings. The Morgan fingerprint density at radius 2 is 1.55 bits per heavy atom. The summed E-state index contributed by atoms with van der Waals surface area (Å²) in [6.45, 7) is 4.60. The molecule has 0 aliphatic carbocycles. The molecule has 194 valence electrons. The largest absolute Gasteiger partial charge is 0.490 e. The molecule has 1 aromatic heterocycles. The summed E-state index contributed by atoms with van der Waals surface area (Å²) in [6.07, 6.45) is 0. The van der Waals surface area contributed by atoms with E-state index in [0.29, 0.717) is 52.1 Å². The predicted molar refractivity (Wildman–Crippen MR) is 143 cm³/mol. The lowest BCUT2D eigenvalue weighted by Gasteiger charge is -2.13. The Morgan fingerprint density at radius 1 is 0.868 bits per heavy atom. The lowest BCUT2D eigenvalue weighted by Crippen LogP contribution is -2.15. The number of rotatable bonds is 10. The average Bonchev–Trinajstić information content (AvgIpc) is 3.38. The maximum Gasteiger partial charge on any atom is 0.269 e. The van der Waals surface area contributed by atoms with Gasteiger partial charge in [0.15, 0.2) is 11.5 Å². The van der Waals surface area contributed by atoms with Gasteiger partial charge in [0, 0.05) is 34.5 Å². The SMILES string of the molecule is CCOc1ccc(C(=O)Nc2cccc(C(=O)Nc3nnc(-c4ccc([N+](=O)[O-])cc4)s3)c2)cc1OCC. The number of aromatic nitrogens is 2. The molecule has 2 N–H and O–H groups in total. The van der Waals surface area contributed by atoms with Crippen molar-refractivity contribution in [2.24, 2.45) is 0 Å². The van der Waals surface area contributed by atoms with Crippen LogP contribution in [-0.4, -0.2) is 40.1 Å². The number of nitro benzene ring substituents is 1. The lowest BCUT2D eigenvalue weighted by atomic mass is 10.1. The summed E-state index contributed by atoms with van der Waals surface area (Å²) in [7, 11) is 0. The Kier molecular flexibility index (Phi) is 8.23. The van der Waals surface area contributed by atoms with Crippen LogP contribution in [-0.2, 0) is 0 Å². The minimum atomic E-state index is -0.484. The third-order valence-corrected chi connectivity index (χ3v) is 6.05. The first kappa shape index (κ1) is 26.2. The molecule has 0 aliphatic heterocycles. The number of hydrogen-bond acceptors (Lipinski definition) is 9. The maximum absolute atomic E-state index is 12.8. The van der Waals surface area contributed by atoms with Crippen molar-refractivity contribution in [1.82, 2.24) is 10.2 Å². The van der Waals surface area contributed by atoms with Gasteiger partial charge in [0.05, 0.1) is 18.1 Å². The normalized spacial score (nSPS) is 10.5. The lowest BCUT2D eigenvalue weighted by molar-refractivity contribution is -0.384. The topological polar surface area (TPSA) is 146 Å². The Hall–Kier alpha value is -4.84. The monoisotopic (exact) mass is 533 g/mol. The first-order valence-corrected chi connectivity index (χ1v) is 12.4. The number of amides is 2. The highest BCUT2D eigenvalue weighted by molar-refractivity contribution is 7.18. The van der Waals surface area contributed by atoms with E-state index in [-0.39, 0.29) is 16.7 Å². The minimum Gasteiger partial charge on any atom is -0.490 e. The van der Waals surface area contributed by atoms with E-state index in [4.69, 9.17) is 9.47 Å². The molecule has 11 nitrogen and oxygen atoms in total. The molecule has 3 aromatic carbocycles. The van der Waals surface area contributed by atoms with Gasteiger partial charge in [-0.2, -0.15) is 0 Å². The van der Waals surface area contributed by atoms with Crippen LogP contribution < -0.4 is 20.1 Å². The molecule has 0 unspecified atom stereocenters. The van der Waals surface area contributed by atoms with E-state index in [1.54, 1.807) is 54.6 Å². The van der Waals surface area contributed by atoms with E-state index in [0.717, 1.165) is 11.3 Å². The maximum atomic E-state index is 12.8. The van der Waals surface area contributed by atoms with E-state index in [9.17, 15) is 19.7 Å². The van der Waals surface area contributed by atoms with E-state index < -0.39 is 10.8 Å². The number of benzene rings is 3. The molecular weight excluding hydrogens is 510 g/mol. The van der Waals surface area contributed by atoms with Crippen molar-refractivity contribution in [3.8, 4) is 22.1 Å². The number of nitrogens with one attached hydrogen (secondary N) is 2. The van der Waals surface area contributed by atoms with Gasteiger partial charge in [-0.3, -0.25) is 25.0 Å². The Morgan fingerprint density at radius 3 is 2.26 bits per heavy atom. The second kappa shape index (κ2) is 11.9. The molecule has 0 saturated carbocycles. The fraction of sp³-hybridized carbons (Fsp3) is 0.154. The number of anilines is 2. The number of carbonyl (C=O) groups excluding carboxylic acids is 2. The number of nitro groups is 1. The summed E-state index contributed by atoms with van der Waals surface area (Å²) in [5.41, 5.74) is 1.71. The van der Waals surface area contributed by atoms with Gasteiger partial charge in [-0.1, -0.05) is 17.4 Å². The van der Waals surface area contributed by atoms with Crippen LogP contribution in [0, 0.1) is 10.1 Å². The van der Waals surface area contributed by atoms with Gasteiger partial charge in [0.1, 0.15) is 5.01 Å².